The van der Waals surface area contributed by atoms with E-state index in [1.807, 2.05) is 12.3 Å². The average Bonchev–Trinajstić information content (AvgIpc) is 2.63. The number of aliphatic hydroxyl groups excluding tert-OH is 2. The second-order valence-corrected chi connectivity index (χ2v) is 5.16. The number of aromatic nitrogens is 1. The quantitative estimate of drug-likeness (QED) is 0.781. The Hall–Kier alpha value is -0.450. The molecule has 15 heavy (non-hydrogen) atoms. The molecule has 0 fully saturated rings. The van der Waals surface area contributed by atoms with Crippen LogP contribution in [0.3, 0.4) is 0 Å². The normalized spacial score (nSPS) is 12.0. The molecule has 1 rings (SSSR count). The summed E-state index contributed by atoms with van der Waals surface area (Å²) in [6, 6.07) is 0. The van der Waals surface area contributed by atoms with Gasteiger partial charge in [-0.25, -0.2) is 4.98 Å². The molecule has 0 bridgehead atoms. The maximum Gasteiger partial charge on any atom is 0.0897 e. The number of thiazole rings is 1. The molecule has 3 nitrogen and oxygen atoms in total. The van der Waals surface area contributed by atoms with Crippen LogP contribution in [-0.2, 0) is 6.42 Å². The Labute approximate surface area is 94.8 Å². The van der Waals surface area contributed by atoms with Crippen molar-refractivity contribution in [3.8, 4) is 0 Å². The molecule has 0 spiro atoms. The van der Waals surface area contributed by atoms with Gasteiger partial charge in [0, 0.05) is 17.2 Å². The average molecular weight is 229 g/mol. The zero-order valence-corrected chi connectivity index (χ0v) is 10.2. The van der Waals surface area contributed by atoms with Gasteiger partial charge in [-0.15, -0.1) is 11.3 Å². The molecule has 2 N–H and O–H groups in total. The summed E-state index contributed by atoms with van der Waals surface area (Å²) in [7, 11) is 0. The van der Waals surface area contributed by atoms with Crippen LogP contribution >= 0.6 is 11.3 Å². The molecule has 0 radical (unpaired) electrons. The Balaban J connectivity index is 2.73. The van der Waals surface area contributed by atoms with Gasteiger partial charge in [-0.05, 0) is 13.3 Å². The van der Waals surface area contributed by atoms with Gasteiger partial charge in [0.1, 0.15) is 0 Å². The zero-order valence-electron chi connectivity index (χ0n) is 9.36. The molecule has 1 heterocycles. The molecule has 0 aliphatic rings. The van der Waals surface area contributed by atoms with E-state index in [1.165, 1.54) is 0 Å². The molecule has 1 aromatic heterocycles. The predicted octanol–water partition coefficient (Wildman–Crippen LogP) is 1.77. The van der Waals surface area contributed by atoms with Crippen molar-refractivity contribution in [2.24, 2.45) is 5.41 Å². The van der Waals surface area contributed by atoms with Crippen LogP contribution in [0, 0.1) is 12.3 Å². The first-order chi connectivity index (χ1) is 7.15. The number of nitrogens with zero attached hydrogens (tertiary/aromatic N) is 1. The van der Waals surface area contributed by atoms with E-state index >= 15 is 0 Å². The fraction of sp³-hybridized carbons (Fsp3) is 0.727. The Morgan fingerprint density at radius 3 is 2.47 bits per heavy atom. The van der Waals surface area contributed by atoms with Crippen molar-refractivity contribution < 1.29 is 10.2 Å². The van der Waals surface area contributed by atoms with Crippen LogP contribution in [0.1, 0.15) is 30.5 Å². The fourth-order valence-corrected chi connectivity index (χ4v) is 2.42. The van der Waals surface area contributed by atoms with Crippen LogP contribution in [0.25, 0.3) is 0 Å². The molecule has 0 aliphatic heterocycles. The lowest BCUT2D eigenvalue weighted by Gasteiger charge is -2.28. The fourth-order valence-electron chi connectivity index (χ4n) is 1.81. The van der Waals surface area contributed by atoms with Gasteiger partial charge in [0.15, 0.2) is 0 Å². The molecule has 0 saturated heterocycles. The number of aliphatic hydroxyl groups is 2. The van der Waals surface area contributed by atoms with Crippen LogP contribution in [0.15, 0.2) is 5.38 Å². The van der Waals surface area contributed by atoms with Crippen molar-refractivity contribution >= 4 is 11.3 Å². The van der Waals surface area contributed by atoms with E-state index in [9.17, 15) is 10.2 Å². The maximum atomic E-state index is 9.39. The minimum absolute atomic E-state index is 0.0217. The molecular weight excluding hydrogens is 210 g/mol. The Bertz CT molecular complexity index is 295. The lowest BCUT2D eigenvalue weighted by molar-refractivity contribution is 0.0459. The third-order valence-electron chi connectivity index (χ3n) is 2.67. The van der Waals surface area contributed by atoms with Crippen molar-refractivity contribution in [2.45, 2.75) is 33.1 Å². The van der Waals surface area contributed by atoms with Gasteiger partial charge in [0.2, 0.25) is 0 Å². The van der Waals surface area contributed by atoms with Crippen molar-refractivity contribution in [3.05, 3.63) is 16.1 Å². The molecule has 86 valence electrons. The second kappa shape index (κ2) is 5.58. The van der Waals surface area contributed by atoms with Crippen LogP contribution in [0.4, 0.5) is 0 Å². The first-order valence-corrected chi connectivity index (χ1v) is 6.16. The highest BCUT2D eigenvalue weighted by molar-refractivity contribution is 7.09. The summed E-state index contributed by atoms with van der Waals surface area (Å²) < 4.78 is 0. The number of hydrogen-bond acceptors (Lipinski definition) is 4. The highest BCUT2D eigenvalue weighted by atomic mass is 32.1. The van der Waals surface area contributed by atoms with Crippen molar-refractivity contribution in [1.29, 1.82) is 0 Å². The van der Waals surface area contributed by atoms with Crippen LogP contribution in [-0.4, -0.2) is 28.4 Å². The maximum absolute atomic E-state index is 9.39. The van der Waals surface area contributed by atoms with Crippen molar-refractivity contribution in [2.75, 3.05) is 13.2 Å². The lowest BCUT2D eigenvalue weighted by Crippen LogP contribution is -2.32. The summed E-state index contributed by atoms with van der Waals surface area (Å²) >= 11 is 1.61. The minimum Gasteiger partial charge on any atom is -0.396 e. The molecule has 0 aromatic carbocycles. The van der Waals surface area contributed by atoms with Crippen molar-refractivity contribution in [3.63, 3.8) is 0 Å². The third-order valence-corrected chi connectivity index (χ3v) is 3.50. The Morgan fingerprint density at radius 1 is 1.40 bits per heavy atom. The summed E-state index contributed by atoms with van der Waals surface area (Å²) in [6.45, 7) is 4.07. The van der Waals surface area contributed by atoms with Crippen LogP contribution < -0.4 is 0 Å². The number of hydrogen-bond donors (Lipinski definition) is 2. The summed E-state index contributed by atoms with van der Waals surface area (Å²) in [6.07, 6.45) is 2.46. The minimum atomic E-state index is -0.394. The van der Waals surface area contributed by atoms with Gasteiger partial charge in [-0.2, -0.15) is 0 Å². The van der Waals surface area contributed by atoms with Gasteiger partial charge >= 0.3 is 0 Å². The molecule has 0 saturated carbocycles. The van der Waals surface area contributed by atoms with E-state index in [2.05, 4.69) is 11.9 Å². The van der Waals surface area contributed by atoms with Gasteiger partial charge in [-0.1, -0.05) is 13.3 Å². The summed E-state index contributed by atoms with van der Waals surface area (Å²) in [5, 5.41) is 21.8. The van der Waals surface area contributed by atoms with E-state index < -0.39 is 5.41 Å². The topological polar surface area (TPSA) is 53.4 Å². The van der Waals surface area contributed by atoms with E-state index in [1.54, 1.807) is 11.3 Å². The van der Waals surface area contributed by atoms with E-state index in [0.29, 0.717) is 6.42 Å². The zero-order chi connectivity index (χ0) is 11.3. The SMILES string of the molecule is CCCC(CO)(CO)Cc1csc(C)n1. The second-order valence-electron chi connectivity index (χ2n) is 4.10. The summed E-state index contributed by atoms with van der Waals surface area (Å²) in [5.74, 6) is 0. The third kappa shape index (κ3) is 3.26. The van der Waals surface area contributed by atoms with Gasteiger partial charge in [-0.3, -0.25) is 0 Å². The molecular formula is C11H19NO2S. The Kier molecular flexibility index (Phi) is 4.70. The molecule has 1 aromatic rings. The van der Waals surface area contributed by atoms with Gasteiger partial charge in [0.05, 0.1) is 23.9 Å². The number of rotatable bonds is 6. The standard InChI is InChI=1S/C11H19NO2S/c1-3-4-11(7-13,8-14)5-10-6-15-9(2)12-10/h6,13-14H,3-5,7-8H2,1-2H3. The smallest absolute Gasteiger partial charge is 0.0897 e. The first-order valence-electron chi connectivity index (χ1n) is 5.28. The molecule has 0 aliphatic carbocycles. The largest absolute Gasteiger partial charge is 0.396 e. The van der Waals surface area contributed by atoms with E-state index in [0.717, 1.165) is 23.5 Å². The highest BCUT2D eigenvalue weighted by Crippen LogP contribution is 2.28. The van der Waals surface area contributed by atoms with E-state index in [4.69, 9.17) is 0 Å². The van der Waals surface area contributed by atoms with Crippen molar-refractivity contribution in [1.82, 2.24) is 4.98 Å². The lowest BCUT2D eigenvalue weighted by atomic mass is 9.81. The summed E-state index contributed by atoms with van der Waals surface area (Å²) in [4.78, 5) is 4.37. The van der Waals surface area contributed by atoms with E-state index in [-0.39, 0.29) is 13.2 Å². The molecule has 4 heteroatoms. The monoisotopic (exact) mass is 229 g/mol. The van der Waals surface area contributed by atoms with Crippen LogP contribution in [0.5, 0.6) is 0 Å². The summed E-state index contributed by atoms with van der Waals surface area (Å²) in [5.41, 5.74) is 0.587. The Morgan fingerprint density at radius 2 is 2.07 bits per heavy atom. The molecule has 0 amide bonds. The molecule has 0 unspecified atom stereocenters. The molecule has 0 atom stereocenters. The van der Waals surface area contributed by atoms with Crippen LogP contribution in [0.2, 0.25) is 0 Å². The number of aryl methyl sites for hydroxylation is 1. The van der Waals surface area contributed by atoms with Gasteiger partial charge < -0.3 is 10.2 Å². The first kappa shape index (κ1) is 12.6. The highest BCUT2D eigenvalue weighted by Gasteiger charge is 2.28. The van der Waals surface area contributed by atoms with Gasteiger partial charge in [0.25, 0.3) is 0 Å². The predicted molar refractivity (Wildman–Crippen MR) is 62.1 cm³/mol.